The van der Waals surface area contributed by atoms with Crippen LogP contribution in [0.15, 0.2) is 104 Å². The molecule has 7 nitrogen and oxygen atoms in total. The van der Waals surface area contributed by atoms with Crippen molar-refractivity contribution in [3.05, 3.63) is 111 Å². The molecular formula is C28H23N3O4S. The smallest absolute Gasteiger partial charge is 0.345 e. The molecule has 1 N–H and O–H groups in total. The monoisotopic (exact) mass is 497 g/mol. The van der Waals surface area contributed by atoms with Gasteiger partial charge < -0.3 is 18.8 Å². The van der Waals surface area contributed by atoms with Crippen molar-refractivity contribution in [3.8, 4) is 22.8 Å². The molecule has 0 saturated carbocycles. The topological polar surface area (TPSA) is 89.3 Å². The number of para-hydroxylation sites is 1. The number of fused-ring (bicyclic) bond motifs is 1. The lowest BCUT2D eigenvalue weighted by Gasteiger charge is -2.09. The molecule has 0 radical (unpaired) electrons. The van der Waals surface area contributed by atoms with Crippen LogP contribution < -0.4 is 15.2 Å². The molecule has 0 bridgehead atoms. The minimum absolute atomic E-state index is 0.0729. The van der Waals surface area contributed by atoms with Crippen LogP contribution in [-0.4, -0.2) is 22.5 Å². The van der Waals surface area contributed by atoms with Crippen LogP contribution in [0.5, 0.6) is 11.5 Å². The van der Waals surface area contributed by atoms with Crippen molar-refractivity contribution in [1.29, 1.82) is 0 Å². The average Bonchev–Trinajstić information content (AvgIpc) is 3.28. The highest BCUT2D eigenvalue weighted by Crippen LogP contribution is 2.26. The third-order valence-corrected chi connectivity index (χ3v) is 6.39. The molecule has 0 aliphatic carbocycles. The van der Waals surface area contributed by atoms with Gasteiger partial charge in [-0.05, 0) is 48.4 Å². The van der Waals surface area contributed by atoms with Crippen LogP contribution in [0.1, 0.15) is 18.1 Å². The molecule has 0 aliphatic rings. The molecule has 0 saturated heterocycles. The lowest BCUT2D eigenvalue weighted by atomic mass is 10.1. The van der Waals surface area contributed by atoms with E-state index < -0.39 is 5.63 Å². The Morgan fingerprint density at radius 1 is 1.06 bits per heavy atom. The Morgan fingerprint density at radius 2 is 1.86 bits per heavy atom. The Balaban J connectivity index is 1.58. The number of hydrogen-bond donors (Lipinski definition) is 1. The first kappa shape index (κ1) is 23.3. The van der Waals surface area contributed by atoms with Gasteiger partial charge in [0.05, 0.1) is 30.6 Å². The van der Waals surface area contributed by atoms with Crippen LogP contribution in [0.25, 0.3) is 22.2 Å². The van der Waals surface area contributed by atoms with Gasteiger partial charge in [0.15, 0.2) is 11.5 Å². The number of phenolic OH excluding ortho intramolecular Hbond substituents is 1. The highest BCUT2D eigenvalue weighted by Gasteiger charge is 2.14. The van der Waals surface area contributed by atoms with E-state index in [1.54, 1.807) is 30.5 Å². The maximum atomic E-state index is 12.9. The van der Waals surface area contributed by atoms with Gasteiger partial charge in [-0.15, -0.1) is 16.4 Å². The van der Waals surface area contributed by atoms with E-state index in [1.807, 2.05) is 71.5 Å². The van der Waals surface area contributed by atoms with Crippen molar-refractivity contribution < 1.29 is 14.3 Å². The standard InChI is InChI=1S/C28H23N3O4S/c1-2-34-26-14-20(12-13-24(26)32)16-29-30-28-31(17-19-8-4-3-5-9-19)23(18-36-28)22-15-21-10-6-7-11-25(21)35-27(22)33/h3-16,18,32H,2,17H2,1H3/b29-16+,30-28-. The normalized spacial score (nSPS) is 12.0. The maximum Gasteiger partial charge on any atom is 0.345 e. The van der Waals surface area contributed by atoms with Gasteiger partial charge in [0.25, 0.3) is 0 Å². The van der Waals surface area contributed by atoms with Crippen LogP contribution in [0.4, 0.5) is 0 Å². The number of ether oxygens (including phenoxy) is 1. The highest BCUT2D eigenvalue weighted by molar-refractivity contribution is 7.07. The van der Waals surface area contributed by atoms with Crippen molar-refractivity contribution in [1.82, 2.24) is 4.57 Å². The zero-order valence-electron chi connectivity index (χ0n) is 19.5. The summed E-state index contributed by atoms with van der Waals surface area (Å²) in [6.45, 7) is 2.80. The second-order valence-electron chi connectivity index (χ2n) is 7.97. The van der Waals surface area contributed by atoms with E-state index in [2.05, 4.69) is 10.2 Å². The molecule has 0 fully saturated rings. The number of benzene rings is 3. The third kappa shape index (κ3) is 4.99. The second kappa shape index (κ2) is 10.5. The summed E-state index contributed by atoms with van der Waals surface area (Å²) in [7, 11) is 0. The van der Waals surface area contributed by atoms with E-state index >= 15 is 0 Å². The van der Waals surface area contributed by atoms with Gasteiger partial charge in [-0.1, -0.05) is 48.5 Å². The van der Waals surface area contributed by atoms with Crippen molar-refractivity contribution in [3.63, 3.8) is 0 Å². The summed E-state index contributed by atoms with van der Waals surface area (Å²) in [4.78, 5) is 13.5. The van der Waals surface area contributed by atoms with E-state index in [-0.39, 0.29) is 5.75 Å². The maximum absolute atomic E-state index is 12.9. The molecule has 5 rings (SSSR count). The molecule has 0 aliphatic heterocycles. The van der Waals surface area contributed by atoms with E-state index in [0.717, 1.165) is 16.5 Å². The minimum Gasteiger partial charge on any atom is -0.504 e. The van der Waals surface area contributed by atoms with Crippen LogP contribution in [-0.2, 0) is 6.54 Å². The Hall–Kier alpha value is -4.43. The highest BCUT2D eigenvalue weighted by atomic mass is 32.1. The average molecular weight is 498 g/mol. The molecule has 3 aromatic carbocycles. The summed E-state index contributed by atoms with van der Waals surface area (Å²) in [5.41, 5.74) is 3.11. The lowest BCUT2D eigenvalue weighted by molar-refractivity contribution is 0.318. The molecule has 0 amide bonds. The summed E-state index contributed by atoms with van der Waals surface area (Å²) in [6, 6.07) is 24.2. The summed E-state index contributed by atoms with van der Waals surface area (Å²) >= 11 is 1.39. The molecule has 0 spiro atoms. The Bertz CT molecular complexity index is 1670. The molecular weight excluding hydrogens is 474 g/mol. The summed E-state index contributed by atoms with van der Waals surface area (Å²) < 4.78 is 13.0. The third-order valence-electron chi connectivity index (χ3n) is 5.53. The van der Waals surface area contributed by atoms with E-state index in [4.69, 9.17) is 9.15 Å². The number of rotatable bonds is 7. The zero-order valence-corrected chi connectivity index (χ0v) is 20.3. The van der Waals surface area contributed by atoms with Crippen molar-refractivity contribution in [2.24, 2.45) is 10.2 Å². The number of phenols is 1. The van der Waals surface area contributed by atoms with Crippen molar-refractivity contribution in [2.45, 2.75) is 13.5 Å². The van der Waals surface area contributed by atoms with Crippen LogP contribution in [0.2, 0.25) is 0 Å². The number of thiazole rings is 1. The van der Waals surface area contributed by atoms with Gasteiger partial charge in [-0.2, -0.15) is 5.10 Å². The fraction of sp³-hybridized carbons (Fsp3) is 0.107. The fourth-order valence-electron chi connectivity index (χ4n) is 3.81. The van der Waals surface area contributed by atoms with Gasteiger partial charge in [0.2, 0.25) is 4.80 Å². The first-order valence-electron chi connectivity index (χ1n) is 11.4. The first-order chi connectivity index (χ1) is 17.6. The Morgan fingerprint density at radius 3 is 2.69 bits per heavy atom. The molecule has 0 atom stereocenters. The van der Waals surface area contributed by atoms with Crippen molar-refractivity contribution in [2.75, 3.05) is 6.61 Å². The predicted octanol–water partition coefficient (Wildman–Crippen LogP) is 5.41. The Kier molecular flexibility index (Phi) is 6.77. The number of aromatic nitrogens is 1. The molecule has 0 unspecified atom stereocenters. The van der Waals surface area contributed by atoms with Crippen LogP contribution >= 0.6 is 11.3 Å². The second-order valence-corrected chi connectivity index (χ2v) is 8.80. The fourth-order valence-corrected chi connectivity index (χ4v) is 4.67. The number of hydrogen-bond acceptors (Lipinski definition) is 7. The van der Waals surface area contributed by atoms with Gasteiger partial charge in [-0.3, -0.25) is 0 Å². The lowest BCUT2D eigenvalue weighted by Crippen LogP contribution is -2.18. The zero-order chi connectivity index (χ0) is 24.9. The Labute approximate surface area is 210 Å². The summed E-state index contributed by atoms with van der Waals surface area (Å²) in [5, 5.41) is 21.4. The first-order valence-corrected chi connectivity index (χ1v) is 12.3. The van der Waals surface area contributed by atoms with Crippen LogP contribution in [0, 0.1) is 0 Å². The largest absolute Gasteiger partial charge is 0.504 e. The van der Waals surface area contributed by atoms with Gasteiger partial charge in [-0.25, -0.2) is 4.79 Å². The molecule has 2 aromatic heterocycles. The van der Waals surface area contributed by atoms with E-state index in [9.17, 15) is 9.90 Å². The van der Waals surface area contributed by atoms with Gasteiger partial charge in [0, 0.05) is 10.8 Å². The van der Waals surface area contributed by atoms with Crippen LogP contribution in [0.3, 0.4) is 0 Å². The van der Waals surface area contributed by atoms with E-state index in [0.29, 0.717) is 40.5 Å². The van der Waals surface area contributed by atoms with Gasteiger partial charge >= 0.3 is 5.63 Å². The predicted molar refractivity (Wildman–Crippen MR) is 142 cm³/mol. The molecule has 180 valence electrons. The minimum atomic E-state index is -0.407. The number of nitrogens with zero attached hydrogens (tertiary/aromatic N) is 3. The quantitative estimate of drug-likeness (QED) is 0.185. The SMILES string of the molecule is CCOc1cc(/C=N/N=c2\scc(-c3cc4ccccc4oc3=O)n2Cc2ccccc2)ccc1O. The molecule has 8 heteroatoms. The summed E-state index contributed by atoms with van der Waals surface area (Å²) in [5.74, 6) is 0.464. The molecule has 36 heavy (non-hydrogen) atoms. The molecule has 2 heterocycles. The summed E-state index contributed by atoms with van der Waals surface area (Å²) in [6.07, 6.45) is 1.60. The van der Waals surface area contributed by atoms with E-state index in [1.165, 1.54) is 11.3 Å². The molecule has 5 aromatic rings. The number of aromatic hydroxyl groups is 1. The van der Waals surface area contributed by atoms with Crippen molar-refractivity contribution >= 4 is 28.5 Å². The van der Waals surface area contributed by atoms with Gasteiger partial charge in [0.1, 0.15) is 5.58 Å².